The van der Waals surface area contributed by atoms with Gasteiger partial charge in [-0.25, -0.2) is 4.98 Å². The van der Waals surface area contributed by atoms with E-state index in [2.05, 4.69) is 9.97 Å². The van der Waals surface area contributed by atoms with E-state index in [1.807, 2.05) is 10.8 Å². The number of hydrogen-bond donors (Lipinski definition) is 1. The van der Waals surface area contributed by atoms with Gasteiger partial charge in [0.2, 0.25) is 0 Å². The highest BCUT2D eigenvalue weighted by Crippen LogP contribution is 2.38. The predicted octanol–water partition coefficient (Wildman–Crippen LogP) is 3.44. The van der Waals surface area contributed by atoms with Gasteiger partial charge in [0.05, 0.1) is 17.6 Å². The Kier molecular flexibility index (Phi) is 5.63. The average Bonchev–Trinajstić information content (AvgIpc) is 3.37. The molecule has 7 nitrogen and oxygen atoms in total. The van der Waals surface area contributed by atoms with Gasteiger partial charge in [0.1, 0.15) is 11.8 Å². The second-order valence-electron chi connectivity index (χ2n) is 6.91. The van der Waals surface area contributed by atoms with Gasteiger partial charge < -0.3 is 14.6 Å². The fourth-order valence-corrected chi connectivity index (χ4v) is 3.69. The largest absolute Gasteiger partial charge is 0.507 e. The van der Waals surface area contributed by atoms with E-state index in [1.165, 1.54) is 4.90 Å². The Labute approximate surface area is 178 Å². The van der Waals surface area contributed by atoms with Crippen LogP contribution in [0.1, 0.15) is 23.7 Å². The summed E-state index contributed by atoms with van der Waals surface area (Å²) in [4.78, 5) is 35.6. The second kappa shape index (κ2) is 8.51. The molecule has 0 spiro atoms. The standard InChI is InChI=1S/C22H19ClN4O3/c23-16-7-5-15(6-8-16)20(28)18-19(17-4-1-2-9-25-17)27(22(30)21(18)29)12-3-11-26-13-10-24-14-26/h1-2,4-10,13-14,19,28H,3,11-12H2/b20-18+. The lowest BCUT2D eigenvalue weighted by Gasteiger charge is -2.24. The third-order valence-corrected chi connectivity index (χ3v) is 5.25. The molecule has 0 saturated carbocycles. The first-order valence-corrected chi connectivity index (χ1v) is 9.85. The van der Waals surface area contributed by atoms with Crippen molar-refractivity contribution in [3.8, 4) is 0 Å². The maximum Gasteiger partial charge on any atom is 0.295 e. The van der Waals surface area contributed by atoms with Crippen LogP contribution in [0.15, 0.2) is 73.0 Å². The molecule has 2 aromatic heterocycles. The molecule has 1 atom stereocenters. The van der Waals surface area contributed by atoms with E-state index in [1.54, 1.807) is 61.2 Å². The number of aromatic nitrogens is 3. The number of aliphatic hydroxyl groups excluding tert-OH is 1. The van der Waals surface area contributed by atoms with Crippen molar-refractivity contribution in [1.82, 2.24) is 19.4 Å². The molecule has 1 aliphatic rings. The van der Waals surface area contributed by atoms with Crippen molar-refractivity contribution in [1.29, 1.82) is 0 Å². The highest BCUT2D eigenvalue weighted by Gasteiger charge is 2.46. The summed E-state index contributed by atoms with van der Waals surface area (Å²) in [7, 11) is 0. The molecule has 3 aromatic rings. The number of halogens is 1. The number of ketones is 1. The van der Waals surface area contributed by atoms with Crippen LogP contribution in [0.4, 0.5) is 0 Å². The van der Waals surface area contributed by atoms with Crippen molar-refractivity contribution in [3.05, 3.63) is 89.2 Å². The molecule has 1 amide bonds. The lowest BCUT2D eigenvalue weighted by Crippen LogP contribution is -2.31. The predicted molar refractivity (Wildman–Crippen MR) is 112 cm³/mol. The summed E-state index contributed by atoms with van der Waals surface area (Å²) in [5.74, 6) is -1.61. The van der Waals surface area contributed by atoms with Crippen LogP contribution in [0.3, 0.4) is 0 Å². The molecule has 8 heteroatoms. The SMILES string of the molecule is O=C1C(=O)N(CCCn2ccnc2)C(c2ccccn2)/C1=C(\O)c1ccc(Cl)cc1. The zero-order chi connectivity index (χ0) is 21.1. The first kappa shape index (κ1) is 19.8. The summed E-state index contributed by atoms with van der Waals surface area (Å²) in [6.45, 7) is 0.983. The number of amides is 1. The molecule has 0 radical (unpaired) electrons. The topological polar surface area (TPSA) is 88.3 Å². The van der Waals surface area contributed by atoms with Crippen LogP contribution in [0, 0.1) is 0 Å². The van der Waals surface area contributed by atoms with Crippen LogP contribution in [0.5, 0.6) is 0 Å². The molecular weight excluding hydrogens is 404 g/mol. The number of hydrogen-bond acceptors (Lipinski definition) is 5. The second-order valence-corrected chi connectivity index (χ2v) is 7.34. The van der Waals surface area contributed by atoms with Crippen LogP contribution in [0.25, 0.3) is 5.76 Å². The zero-order valence-corrected chi connectivity index (χ0v) is 16.7. The number of benzene rings is 1. The van der Waals surface area contributed by atoms with Crippen molar-refractivity contribution in [2.75, 3.05) is 6.54 Å². The van der Waals surface area contributed by atoms with Crippen LogP contribution in [-0.2, 0) is 16.1 Å². The fourth-order valence-electron chi connectivity index (χ4n) is 3.56. The van der Waals surface area contributed by atoms with Crippen LogP contribution < -0.4 is 0 Å². The number of carbonyl (C=O) groups excluding carboxylic acids is 2. The van der Waals surface area contributed by atoms with E-state index in [0.29, 0.717) is 35.8 Å². The molecule has 1 fully saturated rings. The van der Waals surface area contributed by atoms with Crippen molar-refractivity contribution >= 4 is 29.1 Å². The highest BCUT2D eigenvalue weighted by molar-refractivity contribution is 6.46. The van der Waals surface area contributed by atoms with E-state index in [4.69, 9.17) is 11.6 Å². The van der Waals surface area contributed by atoms with Crippen LogP contribution in [0.2, 0.25) is 5.02 Å². The van der Waals surface area contributed by atoms with Crippen LogP contribution >= 0.6 is 11.6 Å². The quantitative estimate of drug-likeness (QED) is 0.373. The molecule has 1 saturated heterocycles. The monoisotopic (exact) mass is 422 g/mol. The molecular formula is C22H19ClN4O3. The number of aryl methyl sites for hydroxylation is 1. The number of nitrogens with zero attached hydrogens (tertiary/aromatic N) is 4. The molecule has 0 aliphatic carbocycles. The Bertz CT molecular complexity index is 1080. The molecule has 30 heavy (non-hydrogen) atoms. The summed E-state index contributed by atoms with van der Waals surface area (Å²) in [5.41, 5.74) is 0.968. The third-order valence-electron chi connectivity index (χ3n) is 5.00. The van der Waals surface area contributed by atoms with Gasteiger partial charge in [-0.2, -0.15) is 0 Å². The Morgan fingerprint density at radius 3 is 2.53 bits per heavy atom. The van der Waals surface area contributed by atoms with Gasteiger partial charge in [-0.05, 0) is 42.8 Å². The Morgan fingerprint density at radius 1 is 1.07 bits per heavy atom. The Morgan fingerprint density at radius 2 is 1.87 bits per heavy atom. The fraction of sp³-hybridized carbons (Fsp3) is 0.182. The number of Topliss-reactive ketones (excluding diaryl/α,β-unsaturated/α-hetero) is 1. The molecule has 0 bridgehead atoms. The Balaban J connectivity index is 1.71. The number of aliphatic hydroxyl groups is 1. The maximum absolute atomic E-state index is 12.9. The normalized spacial score (nSPS) is 18.2. The van der Waals surface area contributed by atoms with E-state index in [9.17, 15) is 14.7 Å². The Hall–Kier alpha value is -3.45. The summed E-state index contributed by atoms with van der Waals surface area (Å²) < 4.78 is 1.90. The summed E-state index contributed by atoms with van der Waals surface area (Å²) in [6, 6.07) is 11.0. The lowest BCUT2D eigenvalue weighted by molar-refractivity contribution is -0.140. The zero-order valence-electron chi connectivity index (χ0n) is 16.0. The number of carbonyl (C=O) groups is 2. The van der Waals surface area contributed by atoms with Crippen molar-refractivity contribution in [2.24, 2.45) is 0 Å². The van der Waals surface area contributed by atoms with Crippen LogP contribution in [-0.4, -0.2) is 42.8 Å². The minimum Gasteiger partial charge on any atom is -0.507 e. The van der Waals surface area contributed by atoms with Crippen molar-refractivity contribution in [3.63, 3.8) is 0 Å². The molecule has 1 N–H and O–H groups in total. The molecule has 1 aromatic carbocycles. The van der Waals surface area contributed by atoms with E-state index < -0.39 is 17.7 Å². The van der Waals surface area contributed by atoms with Gasteiger partial charge in [0.15, 0.2) is 0 Å². The van der Waals surface area contributed by atoms with Gasteiger partial charge in [-0.1, -0.05) is 17.7 Å². The van der Waals surface area contributed by atoms with E-state index in [0.717, 1.165) is 0 Å². The molecule has 1 aliphatic heterocycles. The summed E-state index contributed by atoms with van der Waals surface area (Å²) in [6.07, 6.45) is 7.44. The summed E-state index contributed by atoms with van der Waals surface area (Å²) >= 11 is 5.93. The number of pyridine rings is 1. The smallest absolute Gasteiger partial charge is 0.295 e. The van der Waals surface area contributed by atoms with Gasteiger partial charge in [0.25, 0.3) is 11.7 Å². The minimum absolute atomic E-state index is 0.0312. The lowest BCUT2D eigenvalue weighted by atomic mass is 9.98. The van der Waals surface area contributed by atoms with Crippen molar-refractivity contribution in [2.45, 2.75) is 19.0 Å². The first-order valence-electron chi connectivity index (χ1n) is 9.47. The van der Waals surface area contributed by atoms with E-state index >= 15 is 0 Å². The molecule has 1 unspecified atom stereocenters. The first-order chi connectivity index (χ1) is 14.6. The van der Waals surface area contributed by atoms with Gasteiger partial charge in [0, 0.05) is 42.3 Å². The number of imidazole rings is 1. The third kappa shape index (κ3) is 3.84. The van der Waals surface area contributed by atoms with Crippen molar-refractivity contribution < 1.29 is 14.7 Å². The maximum atomic E-state index is 12.9. The average molecular weight is 423 g/mol. The van der Waals surface area contributed by atoms with Gasteiger partial charge >= 0.3 is 0 Å². The number of rotatable bonds is 6. The molecule has 3 heterocycles. The molecule has 4 rings (SSSR count). The number of likely N-dealkylation sites (tertiary alicyclic amines) is 1. The highest BCUT2D eigenvalue weighted by atomic mass is 35.5. The summed E-state index contributed by atoms with van der Waals surface area (Å²) in [5, 5.41) is 11.4. The van der Waals surface area contributed by atoms with Gasteiger partial charge in [-0.3, -0.25) is 14.6 Å². The van der Waals surface area contributed by atoms with Gasteiger partial charge in [-0.15, -0.1) is 0 Å². The molecule has 152 valence electrons. The minimum atomic E-state index is -0.760. The van der Waals surface area contributed by atoms with E-state index in [-0.39, 0.29) is 11.3 Å².